The average Bonchev–Trinajstić information content (AvgIpc) is 2.38. The molecule has 2 unspecified atom stereocenters. The highest BCUT2D eigenvalue weighted by molar-refractivity contribution is 6.30. The maximum Gasteiger partial charge on any atom is 0.0536 e. The number of rotatable bonds is 7. The zero-order chi connectivity index (χ0) is 14.5. The average molecular weight is 279 g/mol. The third kappa shape index (κ3) is 3.93. The summed E-state index contributed by atoms with van der Waals surface area (Å²) in [7, 11) is 0. The highest BCUT2D eigenvalue weighted by Crippen LogP contribution is 2.26. The minimum absolute atomic E-state index is 0.157. The van der Waals surface area contributed by atoms with Crippen molar-refractivity contribution in [3.05, 3.63) is 60.2 Å². The number of hydrogen-bond acceptors (Lipinski definition) is 2. The Labute approximate surface area is 121 Å². The highest BCUT2D eigenvalue weighted by atomic mass is 35.5. The molecule has 19 heavy (non-hydrogen) atoms. The van der Waals surface area contributed by atoms with E-state index in [4.69, 9.17) is 17.3 Å². The van der Waals surface area contributed by atoms with E-state index in [0.717, 1.165) is 23.7 Å². The number of benzene rings is 1. The molecule has 2 atom stereocenters. The van der Waals surface area contributed by atoms with Gasteiger partial charge in [0.2, 0.25) is 0 Å². The standard InChI is InChI=1S/C16H23ClN2/c1-5-11-19(12-6-2)13(3)16(4,18)14-7-9-15(17)10-8-14/h5-10,13H,1-2,11-12,18H2,3-4H3. The van der Waals surface area contributed by atoms with Crippen molar-refractivity contribution in [3.8, 4) is 0 Å². The van der Waals surface area contributed by atoms with Crippen LogP contribution in [0.4, 0.5) is 0 Å². The Kier molecular flexibility index (Phi) is 5.80. The molecule has 0 aliphatic heterocycles. The summed E-state index contributed by atoms with van der Waals surface area (Å²) in [5, 5.41) is 0.723. The van der Waals surface area contributed by atoms with Crippen LogP contribution in [0.1, 0.15) is 19.4 Å². The Bertz CT molecular complexity index is 413. The normalized spacial score (nSPS) is 15.8. The van der Waals surface area contributed by atoms with Crippen LogP contribution in [-0.2, 0) is 5.54 Å². The Morgan fingerprint density at radius 1 is 1.26 bits per heavy atom. The van der Waals surface area contributed by atoms with Gasteiger partial charge in [0.1, 0.15) is 0 Å². The number of nitrogens with two attached hydrogens (primary N) is 1. The third-order valence-corrected chi connectivity index (χ3v) is 3.86. The van der Waals surface area contributed by atoms with Gasteiger partial charge in [-0.2, -0.15) is 0 Å². The molecule has 1 rings (SSSR count). The Hall–Kier alpha value is -1.09. The van der Waals surface area contributed by atoms with Crippen molar-refractivity contribution in [2.75, 3.05) is 13.1 Å². The molecule has 0 spiro atoms. The molecule has 0 saturated heterocycles. The second-order valence-electron chi connectivity index (χ2n) is 5.00. The molecule has 0 bridgehead atoms. The lowest BCUT2D eigenvalue weighted by atomic mass is 9.85. The van der Waals surface area contributed by atoms with Gasteiger partial charge in [-0.3, -0.25) is 4.90 Å². The van der Waals surface area contributed by atoms with Gasteiger partial charge in [-0.05, 0) is 31.5 Å². The second-order valence-corrected chi connectivity index (χ2v) is 5.43. The van der Waals surface area contributed by atoms with Gasteiger partial charge in [0.05, 0.1) is 5.54 Å². The lowest BCUT2D eigenvalue weighted by molar-refractivity contribution is 0.170. The van der Waals surface area contributed by atoms with Crippen molar-refractivity contribution in [1.29, 1.82) is 0 Å². The van der Waals surface area contributed by atoms with Crippen molar-refractivity contribution in [1.82, 2.24) is 4.90 Å². The first-order valence-electron chi connectivity index (χ1n) is 6.44. The summed E-state index contributed by atoms with van der Waals surface area (Å²) in [4.78, 5) is 2.24. The van der Waals surface area contributed by atoms with Crippen molar-refractivity contribution >= 4 is 11.6 Å². The van der Waals surface area contributed by atoms with Gasteiger partial charge in [-0.25, -0.2) is 0 Å². The number of nitrogens with zero attached hydrogens (tertiary/aromatic N) is 1. The van der Waals surface area contributed by atoms with Gasteiger partial charge in [-0.15, -0.1) is 13.2 Å². The second kappa shape index (κ2) is 6.90. The fourth-order valence-corrected chi connectivity index (χ4v) is 2.28. The zero-order valence-electron chi connectivity index (χ0n) is 11.8. The summed E-state index contributed by atoms with van der Waals surface area (Å²) < 4.78 is 0. The molecule has 2 nitrogen and oxygen atoms in total. The molecule has 0 amide bonds. The van der Waals surface area contributed by atoms with Crippen molar-refractivity contribution in [2.45, 2.75) is 25.4 Å². The van der Waals surface area contributed by atoms with E-state index in [0.29, 0.717) is 0 Å². The van der Waals surface area contributed by atoms with Crippen LogP contribution < -0.4 is 5.73 Å². The Morgan fingerprint density at radius 3 is 2.16 bits per heavy atom. The minimum atomic E-state index is -0.462. The van der Waals surface area contributed by atoms with Crippen LogP contribution >= 0.6 is 11.6 Å². The van der Waals surface area contributed by atoms with Gasteiger partial charge >= 0.3 is 0 Å². The van der Waals surface area contributed by atoms with Crippen molar-refractivity contribution in [2.24, 2.45) is 5.73 Å². The molecule has 0 saturated carbocycles. The van der Waals surface area contributed by atoms with Gasteiger partial charge < -0.3 is 5.73 Å². The van der Waals surface area contributed by atoms with Crippen LogP contribution in [0.3, 0.4) is 0 Å². The maximum absolute atomic E-state index is 6.54. The Balaban J connectivity index is 2.98. The van der Waals surface area contributed by atoms with E-state index in [2.05, 4.69) is 25.0 Å². The summed E-state index contributed by atoms with van der Waals surface area (Å²) in [6, 6.07) is 7.88. The van der Waals surface area contributed by atoms with Crippen LogP contribution in [0.5, 0.6) is 0 Å². The topological polar surface area (TPSA) is 29.3 Å². The van der Waals surface area contributed by atoms with Gasteiger partial charge in [0, 0.05) is 24.2 Å². The molecule has 0 aromatic heterocycles. The molecule has 0 radical (unpaired) electrons. The molecule has 0 aliphatic rings. The molecule has 3 heteroatoms. The van der Waals surface area contributed by atoms with E-state index in [9.17, 15) is 0 Å². The molecule has 1 aromatic carbocycles. The summed E-state index contributed by atoms with van der Waals surface area (Å²) in [5.41, 5.74) is 7.15. The minimum Gasteiger partial charge on any atom is -0.320 e. The number of hydrogen-bond donors (Lipinski definition) is 1. The van der Waals surface area contributed by atoms with E-state index in [1.165, 1.54) is 0 Å². The summed E-state index contributed by atoms with van der Waals surface area (Å²) >= 11 is 5.93. The molecular weight excluding hydrogens is 256 g/mol. The van der Waals surface area contributed by atoms with Crippen LogP contribution in [0.25, 0.3) is 0 Å². The SMILES string of the molecule is C=CCN(CC=C)C(C)C(C)(N)c1ccc(Cl)cc1. The first-order valence-corrected chi connectivity index (χ1v) is 6.82. The van der Waals surface area contributed by atoms with E-state index in [1.807, 2.05) is 43.3 Å². The van der Waals surface area contributed by atoms with Crippen molar-refractivity contribution < 1.29 is 0 Å². The summed E-state index contributed by atoms with van der Waals surface area (Å²) in [6.45, 7) is 13.3. The van der Waals surface area contributed by atoms with Crippen LogP contribution in [0, 0.1) is 0 Å². The third-order valence-electron chi connectivity index (χ3n) is 3.61. The van der Waals surface area contributed by atoms with Gasteiger partial charge in [-0.1, -0.05) is 35.9 Å². The first kappa shape index (κ1) is 16.0. The summed E-state index contributed by atoms with van der Waals surface area (Å²) in [6.07, 6.45) is 3.77. The van der Waals surface area contributed by atoms with Crippen molar-refractivity contribution in [3.63, 3.8) is 0 Å². The predicted molar refractivity (Wildman–Crippen MR) is 84.4 cm³/mol. The van der Waals surface area contributed by atoms with Crippen LogP contribution in [-0.4, -0.2) is 24.0 Å². The number of halogens is 1. The predicted octanol–water partition coefficient (Wildman–Crippen LogP) is 3.58. The zero-order valence-corrected chi connectivity index (χ0v) is 12.5. The molecule has 2 N–H and O–H groups in total. The lowest BCUT2D eigenvalue weighted by Crippen LogP contribution is -2.53. The molecule has 1 aromatic rings. The molecule has 104 valence electrons. The summed E-state index contributed by atoms with van der Waals surface area (Å²) in [5.74, 6) is 0. The molecular formula is C16H23ClN2. The maximum atomic E-state index is 6.54. The smallest absolute Gasteiger partial charge is 0.0536 e. The largest absolute Gasteiger partial charge is 0.320 e. The first-order chi connectivity index (χ1) is 8.93. The molecule has 0 fully saturated rings. The monoisotopic (exact) mass is 278 g/mol. The Morgan fingerprint density at radius 2 is 1.74 bits per heavy atom. The van der Waals surface area contributed by atoms with E-state index >= 15 is 0 Å². The quantitative estimate of drug-likeness (QED) is 0.773. The van der Waals surface area contributed by atoms with Crippen LogP contribution in [0.15, 0.2) is 49.6 Å². The highest BCUT2D eigenvalue weighted by Gasteiger charge is 2.31. The van der Waals surface area contributed by atoms with E-state index < -0.39 is 5.54 Å². The van der Waals surface area contributed by atoms with E-state index in [1.54, 1.807) is 0 Å². The fraction of sp³-hybridized carbons (Fsp3) is 0.375. The molecule has 0 heterocycles. The van der Waals surface area contributed by atoms with Crippen LogP contribution in [0.2, 0.25) is 5.02 Å². The van der Waals surface area contributed by atoms with E-state index in [-0.39, 0.29) is 6.04 Å². The molecule has 0 aliphatic carbocycles. The van der Waals surface area contributed by atoms with Gasteiger partial charge in [0.25, 0.3) is 0 Å². The van der Waals surface area contributed by atoms with Gasteiger partial charge in [0.15, 0.2) is 0 Å². The fourth-order valence-electron chi connectivity index (χ4n) is 2.15. The lowest BCUT2D eigenvalue weighted by Gasteiger charge is -2.39.